The first-order valence-electron chi connectivity index (χ1n) is 6.83. The number of nitrogens with one attached hydrogen (secondary N) is 1. The highest BCUT2D eigenvalue weighted by molar-refractivity contribution is 6.31. The van der Waals surface area contributed by atoms with Crippen molar-refractivity contribution in [2.24, 2.45) is 5.41 Å². The minimum Gasteiger partial charge on any atom is -0.314 e. The molecule has 1 nitrogen and oxygen atoms in total. The van der Waals surface area contributed by atoms with Crippen molar-refractivity contribution < 1.29 is 0 Å². The second kappa shape index (κ2) is 6.58. The monoisotopic (exact) mass is 267 g/mol. The second-order valence-electron chi connectivity index (χ2n) is 6.10. The van der Waals surface area contributed by atoms with E-state index in [2.05, 4.69) is 51.2 Å². The fourth-order valence-electron chi connectivity index (χ4n) is 2.19. The lowest BCUT2D eigenvalue weighted by Gasteiger charge is -2.31. The average molecular weight is 268 g/mol. The van der Waals surface area contributed by atoms with Crippen LogP contribution < -0.4 is 5.32 Å². The largest absolute Gasteiger partial charge is 0.314 e. The normalized spacial score (nSPS) is 13.7. The topological polar surface area (TPSA) is 12.0 Å². The van der Waals surface area contributed by atoms with Crippen molar-refractivity contribution in [2.75, 3.05) is 6.54 Å². The molecule has 1 aromatic rings. The van der Waals surface area contributed by atoms with E-state index >= 15 is 0 Å². The molecule has 0 aliphatic rings. The number of aryl methyl sites for hydroxylation is 2. The van der Waals surface area contributed by atoms with Crippen molar-refractivity contribution in [1.82, 2.24) is 5.32 Å². The second-order valence-corrected chi connectivity index (χ2v) is 6.51. The summed E-state index contributed by atoms with van der Waals surface area (Å²) in [7, 11) is 0. The Kier molecular flexibility index (Phi) is 5.68. The van der Waals surface area contributed by atoms with Gasteiger partial charge in [0.15, 0.2) is 0 Å². The summed E-state index contributed by atoms with van der Waals surface area (Å²) < 4.78 is 0. The van der Waals surface area contributed by atoms with Crippen molar-refractivity contribution in [1.29, 1.82) is 0 Å². The third-order valence-electron chi connectivity index (χ3n) is 3.45. The van der Waals surface area contributed by atoms with Crippen LogP contribution in [0.1, 0.15) is 45.2 Å². The van der Waals surface area contributed by atoms with Crippen LogP contribution in [0.15, 0.2) is 18.2 Å². The lowest BCUT2D eigenvalue weighted by molar-refractivity contribution is 0.258. The maximum Gasteiger partial charge on any atom is 0.0437 e. The van der Waals surface area contributed by atoms with Crippen LogP contribution in [0.25, 0.3) is 0 Å². The molecular formula is C16H26ClN. The Morgan fingerprint density at radius 3 is 2.44 bits per heavy atom. The molecule has 0 saturated carbocycles. The molecule has 0 spiro atoms. The van der Waals surface area contributed by atoms with Gasteiger partial charge in [-0.2, -0.15) is 0 Å². The Morgan fingerprint density at radius 1 is 1.28 bits per heavy atom. The molecule has 0 heterocycles. The minimum atomic E-state index is 0.296. The number of rotatable bonds is 5. The van der Waals surface area contributed by atoms with Crippen molar-refractivity contribution >= 4 is 11.6 Å². The first-order valence-corrected chi connectivity index (χ1v) is 7.20. The summed E-state index contributed by atoms with van der Waals surface area (Å²) in [6.45, 7) is 12.1. The van der Waals surface area contributed by atoms with Crippen molar-refractivity contribution in [2.45, 2.75) is 53.5 Å². The molecule has 1 N–H and O–H groups in total. The molecule has 18 heavy (non-hydrogen) atoms. The molecule has 0 aromatic heterocycles. The van der Waals surface area contributed by atoms with Crippen LogP contribution in [0.5, 0.6) is 0 Å². The highest BCUT2D eigenvalue weighted by Crippen LogP contribution is 2.24. The highest BCUT2D eigenvalue weighted by Gasteiger charge is 2.23. The molecular weight excluding hydrogens is 242 g/mol. The van der Waals surface area contributed by atoms with Gasteiger partial charge in [-0.1, -0.05) is 51.4 Å². The number of benzene rings is 1. The van der Waals surface area contributed by atoms with Crippen LogP contribution >= 0.6 is 11.6 Å². The van der Waals surface area contributed by atoms with E-state index in [-0.39, 0.29) is 0 Å². The summed E-state index contributed by atoms with van der Waals surface area (Å²) in [5.74, 6) is 0. The van der Waals surface area contributed by atoms with E-state index in [9.17, 15) is 0 Å². The van der Waals surface area contributed by atoms with Gasteiger partial charge in [-0.3, -0.25) is 0 Å². The highest BCUT2D eigenvalue weighted by atomic mass is 35.5. The Balaban J connectivity index is 2.64. The van der Waals surface area contributed by atoms with Gasteiger partial charge in [-0.15, -0.1) is 0 Å². The Bertz CT molecular complexity index is 379. The molecule has 1 rings (SSSR count). The lowest BCUT2D eigenvalue weighted by Crippen LogP contribution is -2.40. The first-order chi connectivity index (χ1) is 8.34. The summed E-state index contributed by atoms with van der Waals surface area (Å²) >= 11 is 6.16. The summed E-state index contributed by atoms with van der Waals surface area (Å²) in [4.78, 5) is 0. The Labute approximate surface area is 117 Å². The van der Waals surface area contributed by atoms with E-state index in [1.54, 1.807) is 0 Å². The standard InChI is InChI=1S/C16H26ClN/c1-6-18-15(16(3,4)5)10-9-13-8-7-12(2)14(17)11-13/h7-8,11,15,18H,6,9-10H2,1-5H3. The van der Waals surface area contributed by atoms with E-state index in [0.29, 0.717) is 11.5 Å². The summed E-state index contributed by atoms with van der Waals surface area (Å²) in [6.07, 6.45) is 2.23. The molecule has 0 radical (unpaired) electrons. The van der Waals surface area contributed by atoms with Crippen LogP contribution in [0.4, 0.5) is 0 Å². The predicted octanol–water partition coefficient (Wildman–Crippen LogP) is 4.61. The quantitative estimate of drug-likeness (QED) is 0.822. The van der Waals surface area contributed by atoms with Gasteiger partial charge in [0.25, 0.3) is 0 Å². The Hall–Kier alpha value is -0.530. The van der Waals surface area contributed by atoms with Gasteiger partial charge >= 0.3 is 0 Å². The van der Waals surface area contributed by atoms with Gasteiger partial charge < -0.3 is 5.32 Å². The molecule has 2 heteroatoms. The summed E-state index contributed by atoms with van der Waals surface area (Å²) in [6, 6.07) is 6.94. The number of hydrogen-bond acceptors (Lipinski definition) is 1. The summed E-state index contributed by atoms with van der Waals surface area (Å²) in [5, 5.41) is 4.46. The smallest absolute Gasteiger partial charge is 0.0437 e. The van der Waals surface area contributed by atoms with Gasteiger partial charge in [0.05, 0.1) is 0 Å². The molecule has 0 fully saturated rings. The maximum atomic E-state index is 6.16. The average Bonchev–Trinajstić information content (AvgIpc) is 2.27. The van der Waals surface area contributed by atoms with Gasteiger partial charge in [-0.25, -0.2) is 0 Å². The van der Waals surface area contributed by atoms with E-state index in [1.807, 2.05) is 6.92 Å². The van der Waals surface area contributed by atoms with Crippen LogP contribution in [-0.4, -0.2) is 12.6 Å². The third kappa shape index (κ3) is 4.62. The first kappa shape index (κ1) is 15.5. The van der Waals surface area contributed by atoms with E-state index in [4.69, 9.17) is 11.6 Å². The number of halogens is 1. The van der Waals surface area contributed by atoms with E-state index < -0.39 is 0 Å². The van der Waals surface area contributed by atoms with Crippen molar-refractivity contribution in [3.8, 4) is 0 Å². The van der Waals surface area contributed by atoms with Crippen LogP contribution in [0.3, 0.4) is 0 Å². The zero-order valence-electron chi connectivity index (χ0n) is 12.3. The van der Waals surface area contributed by atoms with Gasteiger partial charge in [-0.05, 0) is 48.9 Å². The molecule has 0 amide bonds. The van der Waals surface area contributed by atoms with Crippen molar-refractivity contribution in [3.63, 3.8) is 0 Å². The fraction of sp³-hybridized carbons (Fsp3) is 0.625. The molecule has 0 bridgehead atoms. The van der Waals surface area contributed by atoms with Crippen LogP contribution in [0, 0.1) is 12.3 Å². The molecule has 1 atom stereocenters. The molecule has 1 unspecified atom stereocenters. The third-order valence-corrected chi connectivity index (χ3v) is 3.86. The molecule has 1 aromatic carbocycles. The maximum absolute atomic E-state index is 6.16. The predicted molar refractivity (Wildman–Crippen MR) is 81.4 cm³/mol. The SMILES string of the molecule is CCNC(CCc1ccc(C)c(Cl)c1)C(C)(C)C. The fourth-order valence-corrected chi connectivity index (χ4v) is 2.39. The van der Waals surface area contributed by atoms with Crippen LogP contribution in [-0.2, 0) is 6.42 Å². The van der Waals surface area contributed by atoms with Gasteiger partial charge in [0.2, 0.25) is 0 Å². The molecule has 102 valence electrons. The van der Waals surface area contributed by atoms with Crippen molar-refractivity contribution in [3.05, 3.63) is 34.3 Å². The zero-order valence-corrected chi connectivity index (χ0v) is 13.1. The minimum absolute atomic E-state index is 0.296. The summed E-state index contributed by atoms with van der Waals surface area (Å²) in [5.41, 5.74) is 2.78. The lowest BCUT2D eigenvalue weighted by atomic mass is 9.83. The van der Waals surface area contributed by atoms with Crippen LogP contribution in [0.2, 0.25) is 5.02 Å². The Morgan fingerprint density at radius 2 is 1.94 bits per heavy atom. The molecule has 0 aliphatic carbocycles. The van der Waals surface area contributed by atoms with Gasteiger partial charge in [0, 0.05) is 11.1 Å². The van der Waals surface area contributed by atoms with E-state index in [1.165, 1.54) is 5.56 Å². The zero-order chi connectivity index (χ0) is 13.8. The molecule has 0 aliphatic heterocycles. The number of hydrogen-bond donors (Lipinski definition) is 1. The van der Waals surface area contributed by atoms with Gasteiger partial charge in [0.1, 0.15) is 0 Å². The molecule has 0 saturated heterocycles. The van der Waals surface area contributed by atoms with E-state index in [0.717, 1.165) is 30.0 Å².